The molecule has 23 heavy (non-hydrogen) atoms. The number of aromatic nitrogens is 2. The van der Waals surface area contributed by atoms with Crippen LogP contribution in [0.1, 0.15) is 38.9 Å². The van der Waals surface area contributed by atoms with Crippen molar-refractivity contribution in [2.75, 3.05) is 26.2 Å². The maximum atomic E-state index is 12.1. The van der Waals surface area contributed by atoms with Gasteiger partial charge >= 0.3 is 0 Å². The minimum absolute atomic E-state index is 0.123. The van der Waals surface area contributed by atoms with Crippen molar-refractivity contribution in [2.24, 2.45) is 5.41 Å². The number of aryl methyl sites for hydroxylation is 1. The molecule has 6 heteroatoms. The Morgan fingerprint density at radius 2 is 2.26 bits per heavy atom. The molecule has 128 valence electrons. The van der Waals surface area contributed by atoms with Crippen molar-refractivity contribution >= 4 is 5.91 Å². The van der Waals surface area contributed by atoms with E-state index < -0.39 is 0 Å². The Morgan fingerprint density at radius 1 is 1.48 bits per heavy atom. The summed E-state index contributed by atoms with van der Waals surface area (Å²) in [6, 6.07) is 0.522. The van der Waals surface area contributed by atoms with Gasteiger partial charge in [0.15, 0.2) is 0 Å². The standard InChI is InChI=1S/C17H29N5O/c1-3-19-16(23)13-22(12-15-20-9-10-21(15)4-2)14-11-17(14)5-7-18-8-6-17/h9-10,14,18H,3-8,11-13H2,1-2H3,(H,19,23). The van der Waals surface area contributed by atoms with Gasteiger partial charge in [-0.05, 0) is 51.6 Å². The van der Waals surface area contributed by atoms with Gasteiger partial charge in [0.1, 0.15) is 5.82 Å². The van der Waals surface area contributed by atoms with E-state index in [1.54, 1.807) is 0 Å². The van der Waals surface area contributed by atoms with Gasteiger partial charge in [0, 0.05) is 31.5 Å². The number of hydrogen-bond acceptors (Lipinski definition) is 4. The number of rotatable bonds is 7. The summed E-state index contributed by atoms with van der Waals surface area (Å²) in [5, 5.41) is 6.39. The van der Waals surface area contributed by atoms with Crippen LogP contribution in [0.15, 0.2) is 12.4 Å². The minimum atomic E-state index is 0.123. The van der Waals surface area contributed by atoms with Crippen LogP contribution in [0.5, 0.6) is 0 Å². The molecule has 1 aromatic rings. The van der Waals surface area contributed by atoms with Crippen LogP contribution in [0.25, 0.3) is 0 Å². The van der Waals surface area contributed by atoms with Crippen LogP contribution in [0.2, 0.25) is 0 Å². The minimum Gasteiger partial charge on any atom is -0.355 e. The van der Waals surface area contributed by atoms with E-state index >= 15 is 0 Å². The Balaban J connectivity index is 1.70. The van der Waals surface area contributed by atoms with Crippen molar-refractivity contribution in [3.63, 3.8) is 0 Å². The van der Waals surface area contributed by atoms with Crippen LogP contribution in [-0.4, -0.2) is 52.6 Å². The molecule has 3 rings (SSSR count). The third-order valence-corrected chi connectivity index (χ3v) is 5.39. The van der Waals surface area contributed by atoms with E-state index in [1.165, 1.54) is 19.3 Å². The van der Waals surface area contributed by atoms with Gasteiger partial charge in [-0.3, -0.25) is 9.69 Å². The highest BCUT2D eigenvalue weighted by Gasteiger charge is 2.56. The second-order valence-electron chi connectivity index (χ2n) is 6.82. The van der Waals surface area contributed by atoms with E-state index in [2.05, 4.69) is 32.0 Å². The zero-order valence-corrected chi connectivity index (χ0v) is 14.3. The lowest BCUT2D eigenvalue weighted by Crippen LogP contribution is -2.42. The molecule has 2 heterocycles. The van der Waals surface area contributed by atoms with Crippen LogP contribution in [0.4, 0.5) is 0 Å². The normalized spacial score (nSPS) is 22.5. The summed E-state index contributed by atoms with van der Waals surface area (Å²) in [7, 11) is 0. The van der Waals surface area contributed by atoms with E-state index in [0.29, 0.717) is 24.5 Å². The Hall–Kier alpha value is -1.40. The van der Waals surface area contributed by atoms with Crippen molar-refractivity contribution < 1.29 is 4.79 Å². The highest BCUT2D eigenvalue weighted by molar-refractivity contribution is 5.78. The van der Waals surface area contributed by atoms with E-state index in [9.17, 15) is 4.79 Å². The highest BCUT2D eigenvalue weighted by Crippen LogP contribution is 2.55. The molecule has 1 unspecified atom stereocenters. The largest absolute Gasteiger partial charge is 0.355 e. The molecule has 0 aromatic carbocycles. The molecule has 1 spiro atoms. The predicted octanol–water partition coefficient (Wildman–Crippen LogP) is 0.983. The molecule has 0 bridgehead atoms. The summed E-state index contributed by atoms with van der Waals surface area (Å²) in [6.07, 6.45) is 7.56. The lowest BCUT2D eigenvalue weighted by atomic mass is 9.93. The summed E-state index contributed by atoms with van der Waals surface area (Å²) in [4.78, 5) is 19.0. The van der Waals surface area contributed by atoms with Gasteiger partial charge in [0.2, 0.25) is 5.91 Å². The zero-order valence-electron chi connectivity index (χ0n) is 14.3. The van der Waals surface area contributed by atoms with Gasteiger partial charge < -0.3 is 15.2 Å². The van der Waals surface area contributed by atoms with Crippen molar-refractivity contribution in [2.45, 2.75) is 52.2 Å². The number of carbonyl (C=O) groups excluding carboxylic acids is 1. The second kappa shape index (κ2) is 7.01. The number of likely N-dealkylation sites (N-methyl/N-ethyl adjacent to an activating group) is 1. The molecule has 2 aliphatic rings. The zero-order chi connectivity index (χ0) is 16.3. The number of nitrogens with one attached hydrogen (secondary N) is 2. The van der Waals surface area contributed by atoms with Gasteiger partial charge in [0.05, 0.1) is 13.1 Å². The summed E-state index contributed by atoms with van der Waals surface area (Å²) in [5.41, 5.74) is 0.432. The summed E-state index contributed by atoms with van der Waals surface area (Å²) >= 11 is 0. The number of imidazole rings is 1. The maximum absolute atomic E-state index is 12.1. The van der Waals surface area contributed by atoms with Crippen LogP contribution in [0.3, 0.4) is 0 Å². The third kappa shape index (κ3) is 3.58. The fourth-order valence-corrected chi connectivity index (χ4v) is 3.98. The molecule has 1 amide bonds. The lowest BCUT2D eigenvalue weighted by molar-refractivity contribution is -0.122. The van der Waals surface area contributed by atoms with Crippen LogP contribution < -0.4 is 10.6 Å². The fourth-order valence-electron chi connectivity index (χ4n) is 3.98. The Bertz CT molecular complexity index is 535. The molecular weight excluding hydrogens is 290 g/mol. The smallest absolute Gasteiger partial charge is 0.234 e. The van der Waals surface area contributed by atoms with E-state index in [4.69, 9.17) is 0 Å². The second-order valence-corrected chi connectivity index (χ2v) is 6.82. The molecule has 1 aliphatic carbocycles. The molecule has 2 fully saturated rings. The number of amides is 1. The number of piperidine rings is 1. The molecule has 1 saturated heterocycles. The Morgan fingerprint density at radius 3 is 2.96 bits per heavy atom. The van der Waals surface area contributed by atoms with E-state index in [1.807, 2.05) is 19.3 Å². The molecule has 1 aromatic heterocycles. The average molecular weight is 319 g/mol. The number of carbonyl (C=O) groups is 1. The van der Waals surface area contributed by atoms with Gasteiger partial charge in [-0.25, -0.2) is 4.98 Å². The lowest BCUT2D eigenvalue weighted by Gasteiger charge is -2.29. The Labute approximate surface area is 138 Å². The third-order valence-electron chi connectivity index (χ3n) is 5.39. The maximum Gasteiger partial charge on any atom is 0.234 e. The first-order chi connectivity index (χ1) is 11.2. The topological polar surface area (TPSA) is 62.2 Å². The van der Waals surface area contributed by atoms with Gasteiger partial charge in [-0.1, -0.05) is 0 Å². The van der Waals surface area contributed by atoms with E-state index in [-0.39, 0.29) is 5.91 Å². The van der Waals surface area contributed by atoms with Crippen molar-refractivity contribution in [1.82, 2.24) is 25.1 Å². The first-order valence-corrected chi connectivity index (χ1v) is 8.90. The molecule has 0 radical (unpaired) electrons. The predicted molar refractivity (Wildman–Crippen MR) is 89.9 cm³/mol. The van der Waals surface area contributed by atoms with Crippen LogP contribution >= 0.6 is 0 Å². The monoisotopic (exact) mass is 319 g/mol. The summed E-state index contributed by atoms with van der Waals surface area (Å²) in [5.74, 6) is 1.19. The van der Waals surface area contributed by atoms with Crippen LogP contribution in [-0.2, 0) is 17.9 Å². The fraction of sp³-hybridized carbons (Fsp3) is 0.765. The molecule has 6 nitrogen and oxygen atoms in total. The quantitative estimate of drug-likeness (QED) is 0.786. The van der Waals surface area contributed by atoms with Crippen molar-refractivity contribution in [1.29, 1.82) is 0 Å². The van der Waals surface area contributed by atoms with E-state index in [0.717, 1.165) is 32.0 Å². The molecular formula is C17H29N5O. The molecule has 1 saturated carbocycles. The van der Waals surface area contributed by atoms with Gasteiger partial charge in [-0.15, -0.1) is 0 Å². The van der Waals surface area contributed by atoms with Crippen molar-refractivity contribution in [3.8, 4) is 0 Å². The molecule has 2 N–H and O–H groups in total. The number of nitrogens with zero attached hydrogens (tertiary/aromatic N) is 3. The summed E-state index contributed by atoms with van der Waals surface area (Å²) in [6.45, 7) is 9.16. The van der Waals surface area contributed by atoms with Crippen LogP contribution in [0, 0.1) is 5.41 Å². The first-order valence-electron chi connectivity index (χ1n) is 8.90. The summed E-state index contributed by atoms with van der Waals surface area (Å²) < 4.78 is 2.17. The number of hydrogen-bond donors (Lipinski definition) is 2. The molecule has 1 aliphatic heterocycles. The molecule has 1 atom stereocenters. The first kappa shape index (κ1) is 16.5. The van der Waals surface area contributed by atoms with Gasteiger partial charge in [-0.2, -0.15) is 0 Å². The Kier molecular flexibility index (Phi) is 5.02. The average Bonchev–Trinajstić information content (AvgIpc) is 3.04. The van der Waals surface area contributed by atoms with Crippen molar-refractivity contribution in [3.05, 3.63) is 18.2 Å². The highest BCUT2D eigenvalue weighted by atomic mass is 16.2. The van der Waals surface area contributed by atoms with Gasteiger partial charge in [0.25, 0.3) is 0 Å². The SMILES string of the molecule is CCNC(=O)CN(Cc1nccn1CC)C1CC12CCNCC2.